The minimum atomic E-state index is -0.467. The van der Waals surface area contributed by atoms with Crippen LogP contribution >= 0.6 is 0 Å². The summed E-state index contributed by atoms with van der Waals surface area (Å²) in [5.74, 6) is 0.760. The molecule has 130 valence electrons. The van der Waals surface area contributed by atoms with Crippen LogP contribution in [0.5, 0.6) is 0 Å². The molecule has 5 nitrogen and oxygen atoms in total. The predicted octanol–water partition coefficient (Wildman–Crippen LogP) is 1.96. The van der Waals surface area contributed by atoms with Crippen LogP contribution in [0, 0.1) is 0 Å². The van der Waals surface area contributed by atoms with E-state index >= 15 is 0 Å². The molecule has 5 heteroatoms. The zero-order chi connectivity index (χ0) is 16.8. The lowest BCUT2D eigenvalue weighted by molar-refractivity contribution is 0.143. The molecular weight excluding hydrogens is 290 g/mol. The zero-order valence-corrected chi connectivity index (χ0v) is 14.4. The first kappa shape index (κ1) is 19.5. The van der Waals surface area contributed by atoms with Crippen LogP contribution in [0.1, 0.15) is 32.3 Å². The average molecular weight is 321 g/mol. The van der Waals surface area contributed by atoms with Crippen molar-refractivity contribution in [2.75, 3.05) is 32.8 Å². The second-order valence-corrected chi connectivity index (χ2v) is 5.39. The normalized spacial score (nSPS) is 12.9. The molecular formula is C18H31N3O2. The summed E-state index contributed by atoms with van der Waals surface area (Å²) in [5, 5.41) is 16.6. The Balaban J connectivity index is 2.29. The van der Waals surface area contributed by atoms with E-state index in [1.807, 2.05) is 44.2 Å². The maximum atomic E-state index is 10.1. The highest BCUT2D eigenvalue weighted by atomic mass is 16.5. The molecule has 1 rings (SSSR count). The SMILES string of the molecule is CCNC(=NCC(O)Cc1ccccc1)NCCCCOCC. The van der Waals surface area contributed by atoms with Gasteiger partial charge in [0.1, 0.15) is 0 Å². The number of nitrogens with zero attached hydrogens (tertiary/aromatic N) is 1. The van der Waals surface area contributed by atoms with Gasteiger partial charge in [0.05, 0.1) is 12.6 Å². The Morgan fingerprint density at radius 1 is 1.17 bits per heavy atom. The van der Waals surface area contributed by atoms with E-state index in [9.17, 15) is 5.11 Å². The molecule has 0 fully saturated rings. The average Bonchev–Trinajstić information content (AvgIpc) is 2.56. The van der Waals surface area contributed by atoms with Crippen molar-refractivity contribution >= 4 is 5.96 Å². The maximum absolute atomic E-state index is 10.1. The highest BCUT2D eigenvalue weighted by Gasteiger charge is 2.05. The van der Waals surface area contributed by atoms with Crippen molar-refractivity contribution in [3.8, 4) is 0 Å². The Bertz CT molecular complexity index is 424. The molecule has 0 amide bonds. The van der Waals surface area contributed by atoms with Gasteiger partial charge in [0, 0.05) is 32.7 Å². The highest BCUT2D eigenvalue weighted by molar-refractivity contribution is 5.79. The van der Waals surface area contributed by atoms with Gasteiger partial charge in [-0.3, -0.25) is 4.99 Å². The van der Waals surface area contributed by atoms with E-state index in [1.165, 1.54) is 0 Å². The third kappa shape index (κ3) is 9.92. The number of aliphatic hydroxyl groups excluding tert-OH is 1. The molecule has 3 N–H and O–H groups in total. The summed E-state index contributed by atoms with van der Waals surface area (Å²) in [6.07, 6.45) is 2.23. The summed E-state index contributed by atoms with van der Waals surface area (Å²) >= 11 is 0. The van der Waals surface area contributed by atoms with Gasteiger partial charge in [-0.2, -0.15) is 0 Å². The lowest BCUT2D eigenvalue weighted by Gasteiger charge is -2.13. The number of aliphatic imine (C=N–C) groups is 1. The third-order valence-corrected chi connectivity index (χ3v) is 3.33. The summed E-state index contributed by atoms with van der Waals surface area (Å²) in [6.45, 7) is 7.68. The van der Waals surface area contributed by atoms with Crippen LogP contribution < -0.4 is 10.6 Å². The Morgan fingerprint density at radius 2 is 1.96 bits per heavy atom. The van der Waals surface area contributed by atoms with Gasteiger partial charge in [-0.05, 0) is 32.3 Å². The maximum Gasteiger partial charge on any atom is 0.191 e. The van der Waals surface area contributed by atoms with Crippen molar-refractivity contribution < 1.29 is 9.84 Å². The van der Waals surface area contributed by atoms with Crippen LogP contribution in [-0.4, -0.2) is 50.0 Å². The Morgan fingerprint density at radius 3 is 2.65 bits per heavy atom. The number of aliphatic hydroxyl groups is 1. The van der Waals surface area contributed by atoms with Crippen molar-refractivity contribution in [1.29, 1.82) is 0 Å². The first-order valence-electron chi connectivity index (χ1n) is 8.58. The minimum absolute atomic E-state index is 0.392. The zero-order valence-electron chi connectivity index (χ0n) is 14.4. The van der Waals surface area contributed by atoms with Crippen LogP contribution in [0.25, 0.3) is 0 Å². The molecule has 1 atom stereocenters. The van der Waals surface area contributed by atoms with Gasteiger partial charge in [0.25, 0.3) is 0 Å². The third-order valence-electron chi connectivity index (χ3n) is 3.33. The van der Waals surface area contributed by atoms with Gasteiger partial charge < -0.3 is 20.5 Å². The summed E-state index contributed by atoms with van der Waals surface area (Å²) in [6, 6.07) is 9.99. The molecule has 0 bridgehead atoms. The van der Waals surface area contributed by atoms with E-state index in [1.54, 1.807) is 0 Å². The van der Waals surface area contributed by atoms with Crippen molar-refractivity contribution in [2.24, 2.45) is 4.99 Å². The number of hydrogen-bond donors (Lipinski definition) is 3. The van der Waals surface area contributed by atoms with Gasteiger partial charge in [-0.1, -0.05) is 30.3 Å². The molecule has 0 aliphatic rings. The molecule has 0 aliphatic heterocycles. The summed E-state index contributed by atoms with van der Waals surface area (Å²) < 4.78 is 5.32. The number of ether oxygens (including phenoxy) is 1. The summed E-state index contributed by atoms with van der Waals surface area (Å²) in [7, 11) is 0. The fourth-order valence-electron chi connectivity index (χ4n) is 2.17. The van der Waals surface area contributed by atoms with E-state index in [4.69, 9.17) is 4.74 Å². The number of rotatable bonds is 11. The number of hydrogen-bond acceptors (Lipinski definition) is 3. The smallest absolute Gasteiger partial charge is 0.191 e. The monoisotopic (exact) mass is 321 g/mol. The fraction of sp³-hybridized carbons (Fsp3) is 0.611. The summed E-state index contributed by atoms with van der Waals surface area (Å²) in [4.78, 5) is 4.46. The molecule has 0 radical (unpaired) electrons. The number of nitrogens with one attached hydrogen (secondary N) is 2. The van der Waals surface area contributed by atoms with Crippen molar-refractivity contribution in [1.82, 2.24) is 10.6 Å². The minimum Gasteiger partial charge on any atom is -0.391 e. The Hall–Kier alpha value is -1.59. The highest BCUT2D eigenvalue weighted by Crippen LogP contribution is 2.03. The van der Waals surface area contributed by atoms with E-state index < -0.39 is 6.10 Å². The molecule has 23 heavy (non-hydrogen) atoms. The van der Waals surface area contributed by atoms with E-state index in [2.05, 4.69) is 15.6 Å². The van der Waals surface area contributed by atoms with Crippen LogP contribution in [-0.2, 0) is 11.2 Å². The molecule has 0 aromatic heterocycles. The number of benzene rings is 1. The predicted molar refractivity (Wildman–Crippen MR) is 95.9 cm³/mol. The lowest BCUT2D eigenvalue weighted by atomic mass is 10.1. The largest absolute Gasteiger partial charge is 0.391 e. The molecule has 1 aromatic carbocycles. The molecule has 0 spiro atoms. The van der Waals surface area contributed by atoms with Crippen LogP contribution in [0.3, 0.4) is 0 Å². The van der Waals surface area contributed by atoms with Crippen molar-refractivity contribution in [3.63, 3.8) is 0 Å². The number of guanidine groups is 1. The van der Waals surface area contributed by atoms with E-state index in [0.29, 0.717) is 13.0 Å². The van der Waals surface area contributed by atoms with Gasteiger partial charge in [-0.15, -0.1) is 0 Å². The first-order valence-corrected chi connectivity index (χ1v) is 8.58. The quantitative estimate of drug-likeness (QED) is 0.331. The van der Waals surface area contributed by atoms with Crippen molar-refractivity contribution in [2.45, 2.75) is 39.2 Å². The summed E-state index contributed by atoms with van der Waals surface area (Å²) in [5.41, 5.74) is 1.13. The lowest BCUT2D eigenvalue weighted by Crippen LogP contribution is -2.38. The molecule has 0 heterocycles. The molecule has 1 unspecified atom stereocenters. The van der Waals surface area contributed by atoms with Crippen LogP contribution in [0.15, 0.2) is 35.3 Å². The van der Waals surface area contributed by atoms with Crippen LogP contribution in [0.4, 0.5) is 0 Å². The molecule has 0 saturated carbocycles. The topological polar surface area (TPSA) is 65.9 Å². The second kappa shape index (κ2) is 12.9. The van der Waals surface area contributed by atoms with E-state index in [0.717, 1.165) is 50.7 Å². The standard InChI is InChI=1S/C18H31N3O2/c1-3-19-18(20-12-8-9-13-23-4-2)21-15-17(22)14-16-10-6-5-7-11-16/h5-7,10-11,17,22H,3-4,8-9,12-15H2,1-2H3,(H2,19,20,21). The van der Waals surface area contributed by atoms with Gasteiger partial charge >= 0.3 is 0 Å². The van der Waals surface area contributed by atoms with Crippen molar-refractivity contribution in [3.05, 3.63) is 35.9 Å². The molecule has 1 aromatic rings. The number of unbranched alkanes of at least 4 members (excludes halogenated alkanes) is 1. The van der Waals surface area contributed by atoms with Gasteiger partial charge in [0.2, 0.25) is 0 Å². The Kier molecular flexibility index (Phi) is 10.9. The second-order valence-electron chi connectivity index (χ2n) is 5.39. The Labute approximate surface area is 140 Å². The molecule has 0 saturated heterocycles. The van der Waals surface area contributed by atoms with Crippen LogP contribution in [0.2, 0.25) is 0 Å². The molecule has 0 aliphatic carbocycles. The van der Waals surface area contributed by atoms with E-state index in [-0.39, 0.29) is 0 Å². The van der Waals surface area contributed by atoms with Gasteiger partial charge in [-0.25, -0.2) is 0 Å². The van der Waals surface area contributed by atoms with Gasteiger partial charge in [0.15, 0.2) is 5.96 Å². The first-order chi connectivity index (χ1) is 11.3. The fourth-order valence-corrected chi connectivity index (χ4v) is 2.17.